The molecule has 4 aliphatic rings. The Bertz CT molecular complexity index is 4250. The maximum Gasteiger partial charge on any atom is 0.248 e. The average Bonchev–Trinajstić information content (AvgIpc) is 3.66. The molecule has 0 radical (unpaired) electrons. The molecule has 4 nitrogen and oxygen atoms in total. The van der Waals surface area contributed by atoms with E-state index < -0.39 is 0 Å². The molecule has 0 N–H and O–H groups in total. The fraction of sp³-hybridized carbons (Fsp3) is 0. The predicted octanol–water partition coefficient (Wildman–Crippen LogP) is 15.5. The maximum atomic E-state index is 2.59. The zero-order valence-electron chi connectivity index (χ0n) is 43.7. The summed E-state index contributed by atoms with van der Waals surface area (Å²) in [6.45, 7) is -0.141. The van der Waals surface area contributed by atoms with Crippen molar-refractivity contribution in [2.75, 3.05) is 19.6 Å². The summed E-state index contributed by atoms with van der Waals surface area (Å²) in [5, 5.41) is 5.30. The Balaban J connectivity index is 1.03. The van der Waals surface area contributed by atoms with Gasteiger partial charge in [-0.3, -0.25) is 0 Å². The van der Waals surface area contributed by atoms with Gasteiger partial charge in [0.05, 0.1) is 0 Å². The van der Waals surface area contributed by atoms with Crippen molar-refractivity contribution in [3.8, 4) is 22.3 Å². The molecule has 0 aliphatic carbocycles. The first kappa shape index (κ1) is 44.8. The summed E-state index contributed by atoms with van der Waals surface area (Å²) in [4.78, 5) is 9.98. The van der Waals surface area contributed by atoms with Crippen molar-refractivity contribution in [1.82, 2.24) is 0 Å². The third-order valence-electron chi connectivity index (χ3n) is 17.3. The van der Waals surface area contributed by atoms with Gasteiger partial charge in [-0.05, 0) is 169 Å². The van der Waals surface area contributed by atoms with Crippen LogP contribution in [0.15, 0.2) is 291 Å². The van der Waals surface area contributed by atoms with Gasteiger partial charge in [0.15, 0.2) is 0 Å². The van der Waals surface area contributed by atoms with Crippen molar-refractivity contribution in [2.24, 2.45) is 0 Å². The molecule has 0 unspecified atom stereocenters. The molecular weight excluding hydrogens is 966 g/mol. The van der Waals surface area contributed by atoms with E-state index in [1.54, 1.807) is 0 Å². The van der Waals surface area contributed by atoms with E-state index in [-0.39, 0.29) is 13.4 Å². The Morgan fingerprint density at radius 3 is 1.00 bits per heavy atom. The molecule has 370 valence electrons. The SMILES string of the molecule is c1ccc(-c2c3cccc4c3c3c5c(cccc25)B2c5ccc(N(c6ccccc6)c6ccccc6)cc5N(c5ccccc5)c5cc6c(c-3c52)B4c2ccc(N(c3ccccc3)c3ccccc3)cc2N6c2ccccc2)cc1. The second kappa shape index (κ2) is 17.6. The number of fused-ring (bicyclic) bond motifs is 6. The van der Waals surface area contributed by atoms with Crippen LogP contribution < -0.4 is 52.4 Å². The Morgan fingerprint density at radius 1 is 0.250 bits per heavy atom. The highest BCUT2D eigenvalue weighted by atomic mass is 15.2. The lowest BCUT2D eigenvalue weighted by Crippen LogP contribution is -2.66. The van der Waals surface area contributed by atoms with E-state index in [4.69, 9.17) is 0 Å². The Morgan fingerprint density at radius 2 is 0.613 bits per heavy atom. The maximum absolute atomic E-state index is 2.59. The molecule has 13 aromatic carbocycles. The van der Waals surface area contributed by atoms with E-state index in [0.29, 0.717) is 0 Å². The van der Waals surface area contributed by atoms with Crippen LogP contribution in [0.25, 0.3) is 43.8 Å². The standard InChI is InChI=1S/C74H48B2N4/c1-8-24-49(25-9-1)68-58-38-22-40-62-69(58)71-70-59(68)39-23-41-63(70)76-61-45-43-57(78(52-30-14-4-15-31-52)53-32-16-5-17-33-53)47-65(61)80(55-36-20-7-21-37-55)67-48-66-73(72(71)74(67)76)75(62)60-44-42-56(46-64(60)79(66)54-34-18-6-19-35-54)77(50-26-10-2-11-27-50)51-28-12-3-13-29-51/h1-48H. The summed E-state index contributed by atoms with van der Waals surface area (Å²) >= 11 is 0. The monoisotopic (exact) mass is 1010 g/mol. The van der Waals surface area contributed by atoms with Gasteiger partial charge in [0.25, 0.3) is 0 Å². The number of nitrogens with zero attached hydrogens (tertiary/aromatic N) is 4. The van der Waals surface area contributed by atoms with E-state index in [2.05, 4.69) is 311 Å². The molecule has 0 saturated carbocycles. The van der Waals surface area contributed by atoms with Crippen LogP contribution in [0.4, 0.5) is 68.2 Å². The average molecular weight is 1010 g/mol. The van der Waals surface area contributed by atoms with Gasteiger partial charge in [-0.2, -0.15) is 0 Å². The highest BCUT2D eigenvalue weighted by molar-refractivity contribution is 7.05. The molecule has 0 atom stereocenters. The molecule has 0 aromatic heterocycles. The first-order valence-corrected chi connectivity index (χ1v) is 27.8. The zero-order chi connectivity index (χ0) is 52.4. The molecule has 13 aromatic rings. The minimum atomic E-state index is -0.0707. The van der Waals surface area contributed by atoms with Crippen LogP contribution in [0.5, 0.6) is 0 Å². The van der Waals surface area contributed by atoms with Gasteiger partial charge in [0, 0.05) is 68.2 Å². The van der Waals surface area contributed by atoms with Crippen molar-refractivity contribution >= 4 is 136 Å². The van der Waals surface area contributed by atoms with Crippen LogP contribution in [0, 0.1) is 0 Å². The first-order valence-electron chi connectivity index (χ1n) is 27.8. The topological polar surface area (TPSA) is 13.0 Å². The first-order chi connectivity index (χ1) is 39.8. The minimum absolute atomic E-state index is 0.0707. The highest BCUT2D eigenvalue weighted by Gasteiger charge is 2.50. The third kappa shape index (κ3) is 6.48. The molecule has 6 heteroatoms. The number of anilines is 12. The Hall–Kier alpha value is -10.3. The van der Waals surface area contributed by atoms with Crippen LogP contribution >= 0.6 is 0 Å². The van der Waals surface area contributed by atoms with E-state index in [1.165, 1.54) is 99.3 Å². The van der Waals surface area contributed by atoms with Crippen LogP contribution in [0.2, 0.25) is 0 Å². The normalized spacial score (nSPS) is 12.9. The molecule has 0 spiro atoms. The van der Waals surface area contributed by atoms with Gasteiger partial charge < -0.3 is 19.6 Å². The van der Waals surface area contributed by atoms with Crippen molar-refractivity contribution in [3.63, 3.8) is 0 Å². The fourth-order valence-electron chi connectivity index (χ4n) is 14.3. The van der Waals surface area contributed by atoms with Crippen LogP contribution in [0.1, 0.15) is 0 Å². The summed E-state index contributed by atoms with van der Waals surface area (Å²) in [5.41, 5.74) is 26.9. The molecule has 0 saturated heterocycles. The largest absolute Gasteiger partial charge is 0.311 e. The molecule has 17 rings (SSSR count). The molecule has 0 amide bonds. The summed E-state index contributed by atoms with van der Waals surface area (Å²) < 4.78 is 0. The van der Waals surface area contributed by atoms with Crippen LogP contribution in [-0.2, 0) is 0 Å². The number of rotatable bonds is 9. The number of hydrogen-bond donors (Lipinski definition) is 0. The van der Waals surface area contributed by atoms with E-state index in [9.17, 15) is 0 Å². The van der Waals surface area contributed by atoms with E-state index in [0.717, 1.165) is 45.5 Å². The number of benzene rings is 13. The minimum Gasteiger partial charge on any atom is -0.311 e. The molecule has 4 aliphatic heterocycles. The van der Waals surface area contributed by atoms with Gasteiger partial charge in [-0.1, -0.05) is 199 Å². The van der Waals surface area contributed by atoms with Crippen molar-refractivity contribution in [3.05, 3.63) is 291 Å². The number of para-hydroxylation sites is 6. The molecule has 0 bridgehead atoms. The molecule has 80 heavy (non-hydrogen) atoms. The quantitative estimate of drug-likeness (QED) is 0.105. The van der Waals surface area contributed by atoms with E-state index in [1.807, 2.05) is 0 Å². The second-order valence-electron chi connectivity index (χ2n) is 21.5. The smallest absolute Gasteiger partial charge is 0.248 e. The van der Waals surface area contributed by atoms with Crippen LogP contribution in [-0.4, -0.2) is 13.4 Å². The lowest BCUT2D eigenvalue weighted by molar-refractivity contribution is 1.24. The van der Waals surface area contributed by atoms with Gasteiger partial charge in [0.1, 0.15) is 0 Å². The molecule has 0 fully saturated rings. The van der Waals surface area contributed by atoms with Crippen molar-refractivity contribution in [1.29, 1.82) is 0 Å². The van der Waals surface area contributed by atoms with Crippen LogP contribution in [0.3, 0.4) is 0 Å². The Labute approximate surface area is 466 Å². The third-order valence-corrected chi connectivity index (χ3v) is 17.3. The summed E-state index contributed by atoms with van der Waals surface area (Å²) in [7, 11) is 0. The van der Waals surface area contributed by atoms with Crippen molar-refractivity contribution in [2.45, 2.75) is 0 Å². The van der Waals surface area contributed by atoms with Gasteiger partial charge >= 0.3 is 0 Å². The summed E-state index contributed by atoms with van der Waals surface area (Å²) in [6, 6.07) is 108. The second-order valence-corrected chi connectivity index (χ2v) is 21.5. The lowest BCUT2D eigenvalue weighted by atomic mass is 9.26. The van der Waals surface area contributed by atoms with Gasteiger partial charge in [-0.15, -0.1) is 0 Å². The summed E-state index contributed by atoms with van der Waals surface area (Å²) in [6.07, 6.45) is 0. The van der Waals surface area contributed by atoms with E-state index >= 15 is 0 Å². The fourth-order valence-corrected chi connectivity index (χ4v) is 14.3. The molecular formula is C74H48B2N4. The zero-order valence-corrected chi connectivity index (χ0v) is 43.7. The predicted molar refractivity (Wildman–Crippen MR) is 340 cm³/mol. The van der Waals surface area contributed by atoms with Gasteiger partial charge in [-0.25, -0.2) is 0 Å². The highest BCUT2D eigenvalue weighted by Crippen LogP contribution is 2.53. The molecule has 4 heterocycles. The number of hydrogen-bond acceptors (Lipinski definition) is 4. The van der Waals surface area contributed by atoms with Gasteiger partial charge in [0.2, 0.25) is 13.4 Å². The summed E-state index contributed by atoms with van der Waals surface area (Å²) in [5.74, 6) is 0. The Kier molecular flexibility index (Phi) is 9.87. The lowest BCUT2D eigenvalue weighted by Gasteiger charge is -2.47. The van der Waals surface area contributed by atoms with Crippen molar-refractivity contribution < 1.29 is 0 Å².